The number of carboxylic acids is 1. The predicted molar refractivity (Wildman–Crippen MR) is 89.9 cm³/mol. The average Bonchev–Trinajstić information content (AvgIpc) is 3.12. The van der Waals surface area contributed by atoms with Crippen molar-refractivity contribution in [2.45, 2.75) is 0 Å². The van der Waals surface area contributed by atoms with Gasteiger partial charge in [-0.15, -0.1) is 0 Å². The van der Waals surface area contributed by atoms with Gasteiger partial charge in [0, 0.05) is 6.08 Å². The normalized spacial score (nSPS) is 10.9. The Hall–Kier alpha value is -3.68. The Morgan fingerprint density at radius 2 is 1.92 bits per heavy atom. The lowest BCUT2D eigenvalue weighted by molar-refractivity contribution is -0.123. The Labute approximate surface area is 142 Å². The van der Waals surface area contributed by atoms with Crippen molar-refractivity contribution in [3.8, 4) is 0 Å². The lowest BCUT2D eigenvalue weighted by atomic mass is 10.1. The second-order valence-corrected chi connectivity index (χ2v) is 4.79. The van der Waals surface area contributed by atoms with Crippen molar-refractivity contribution in [1.29, 1.82) is 0 Å². The van der Waals surface area contributed by atoms with E-state index in [9.17, 15) is 14.4 Å². The second-order valence-electron chi connectivity index (χ2n) is 4.79. The van der Waals surface area contributed by atoms with E-state index < -0.39 is 17.8 Å². The van der Waals surface area contributed by atoms with E-state index in [1.165, 1.54) is 36.8 Å². The topological polar surface area (TPSA) is 121 Å². The van der Waals surface area contributed by atoms with Crippen molar-refractivity contribution in [3.05, 3.63) is 65.6 Å². The van der Waals surface area contributed by atoms with Crippen molar-refractivity contribution in [2.75, 3.05) is 6.54 Å². The molecule has 0 saturated carbocycles. The number of hydrazone groups is 1. The molecule has 0 unspecified atom stereocenters. The van der Waals surface area contributed by atoms with Gasteiger partial charge in [-0.3, -0.25) is 9.59 Å². The summed E-state index contributed by atoms with van der Waals surface area (Å²) in [6, 6.07) is 9.35. The number of benzene rings is 1. The molecule has 0 spiro atoms. The van der Waals surface area contributed by atoms with Crippen LogP contribution in [0.2, 0.25) is 0 Å². The maximum atomic E-state index is 11.6. The highest BCUT2D eigenvalue weighted by Crippen LogP contribution is 2.02. The number of nitrogens with zero attached hydrogens (tertiary/aromatic N) is 1. The molecule has 3 N–H and O–H groups in total. The lowest BCUT2D eigenvalue weighted by Crippen LogP contribution is -2.34. The molecule has 1 aromatic heterocycles. The summed E-state index contributed by atoms with van der Waals surface area (Å²) >= 11 is 0. The van der Waals surface area contributed by atoms with Gasteiger partial charge in [-0.25, -0.2) is 10.2 Å². The first-order valence-corrected chi connectivity index (χ1v) is 7.19. The largest absolute Gasteiger partial charge is 0.478 e. The van der Waals surface area contributed by atoms with E-state index in [1.54, 1.807) is 24.3 Å². The smallest absolute Gasteiger partial charge is 0.335 e. The Bertz CT molecular complexity index is 792. The average molecular weight is 341 g/mol. The van der Waals surface area contributed by atoms with Crippen LogP contribution in [-0.2, 0) is 9.59 Å². The van der Waals surface area contributed by atoms with Gasteiger partial charge in [0.25, 0.3) is 5.91 Å². The number of carbonyl (C=O) groups excluding carboxylic acids is 2. The highest BCUT2D eigenvalue weighted by molar-refractivity contribution is 5.94. The number of amides is 2. The molecule has 0 aliphatic rings. The van der Waals surface area contributed by atoms with Gasteiger partial charge < -0.3 is 14.8 Å². The Morgan fingerprint density at radius 1 is 1.16 bits per heavy atom. The van der Waals surface area contributed by atoms with Gasteiger partial charge in [0.1, 0.15) is 5.76 Å². The Balaban J connectivity index is 1.72. The molecular formula is C17H15N3O5. The summed E-state index contributed by atoms with van der Waals surface area (Å²) in [5, 5.41) is 14.9. The van der Waals surface area contributed by atoms with Crippen LogP contribution in [0.3, 0.4) is 0 Å². The van der Waals surface area contributed by atoms with Gasteiger partial charge in [0.15, 0.2) is 0 Å². The molecule has 0 fully saturated rings. The number of nitrogens with one attached hydrogen (secondary N) is 2. The van der Waals surface area contributed by atoms with E-state index in [0.717, 1.165) is 0 Å². The Morgan fingerprint density at radius 3 is 2.56 bits per heavy atom. The first-order valence-electron chi connectivity index (χ1n) is 7.19. The second kappa shape index (κ2) is 8.82. The van der Waals surface area contributed by atoms with Crippen molar-refractivity contribution < 1.29 is 23.9 Å². The predicted octanol–water partition coefficient (Wildman–Crippen LogP) is 1.26. The third-order valence-corrected chi connectivity index (χ3v) is 2.93. The van der Waals surface area contributed by atoms with Gasteiger partial charge in [-0.05, 0) is 35.9 Å². The van der Waals surface area contributed by atoms with Crippen LogP contribution in [0.15, 0.2) is 58.3 Å². The third-order valence-electron chi connectivity index (χ3n) is 2.93. The minimum absolute atomic E-state index is 0.159. The molecule has 128 valence electrons. The van der Waals surface area contributed by atoms with Crippen molar-refractivity contribution in [1.82, 2.24) is 10.7 Å². The summed E-state index contributed by atoms with van der Waals surface area (Å²) in [6.45, 7) is -0.239. The van der Waals surface area contributed by atoms with Gasteiger partial charge in [0.05, 0.1) is 24.6 Å². The van der Waals surface area contributed by atoms with Gasteiger partial charge in [0.2, 0.25) is 5.91 Å². The van der Waals surface area contributed by atoms with Crippen molar-refractivity contribution in [2.24, 2.45) is 5.10 Å². The maximum absolute atomic E-state index is 11.6. The SMILES string of the molecule is O=C(C=Cc1ccco1)NCC(=O)NN=Cc1ccc(C(=O)O)cc1. The van der Waals surface area contributed by atoms with Crippen LogP contribution in [0.5, 0.6) is 0 Å². The fraction of sp³-hybridized carbons (Fsp3) is 0.0588. The minimum Gasteiger partial charge on any atom is -0.478 e. The van der Waals surface area contributed by atoms with E-state index in [1.807, 2.05) is 0 Å². The van der Waals surface area contributed by atoms with Crippen molar-refractivity contribution >= 4 is 30.1 Å². The molecule has 2 rings (SSSR count). The summed E-state index contributed by atoms with van der Waals surface area (Å²) in [5.74, 6) is -1.44. The van der Waals surface area contributed by atoms with Crippen LogP contribution >= 0.6 is 0 Å². The molecule has 0 aliphatic carbocycles. The summed E-state index contributed by atoms with van der Waals surface area (Å²) in [6.07, 6.45) is 5.58. The molecule has 0 radical (unpaired) electrons. The summed E-state index contributed by atoms with van der Waals surface area (Å²) in [7, 11) is 0. The van der Waals surface area contributed by atoms with Crippen LogP contribution < -0.4 is 10.7 Å². The van der Waals surface area contributed by atoms with E-state index in [-0.39, 0.29) is 12.1 Å². The molecule has 25 heavy (non-hydrogen) atoms. The van der Waals surface area contributed by atoms with Crippen LogP contribution in [0.4, 0.5) is 0 Å². The zero-order valence-corrected chi connectivity index (χ0v) is 13.0. The minimum atomic E-state index is -1.02. The lowest BCUT2D eigenvalue weighted by Gasteiger charge is -2.01. The molecule has 1 heterocycles. The number of hydrogen-bond donors (Lipinski definition) is 3. The van der Waals surface area contributed by atoms with Gasteiger partial charge in [-0.2, -0.15) is 5.10 Å². The van der Waals surface area contributed by atoms with E-state index >= 15 is 0 Å². The standard InChI is InChI=1S/C17H15N3O5/c21-15(8-7-14-2-1-9-25-14)18-11-16(22)20-19-10-12-3-5-13(6-4-12)17(23)24/h1-10H,11H2,(H,18,21)(H,20,22)(H,23,24). The Kier molecular flexibility index (Phi) is 6.24. The number of carbonyl (C=O) groups is 3. The molecule has 0 atom stereocenters. The van der Waals surface area contributed by atoms with Crippen LogP contribution in [0, 0.1) is 0 Å². The summed E-state index contributed by atoms with van der Waals surface area (Å²) < 4.78 is 5.03. The fourth-order valence-corrected chi connectivity index (χ4v) is 1.70. The molecular weight excluding hydrogens is 326 g/mol. The zero-order chi connectivity index (χ0) is 18.1. The molecule has 8 heteroatoms. The maximum Gasteiger partial charge on any atom is 0.335 e. The van der Waals surface area contributed by atoms with Crippen LogP contribution in [0.25, 0.3) is 6.08 Å². The molecule has 2 aromatic rings. The van der Waals surface area contributed by atoms with E-state index in [4.69, 9.17) is 9.52 Å². The van der Waals surface area contributed by atoms with Crippen molar-refractivity contribution in [3.63, 3.8) is 0 Å². The number of furan rings is 1. The number of carboxylic acid groups (broad SMARTS) is 1. The van der Waals surface area contributed by atoms with Crippen LogP contribution in [0.1, 0.15) is 21.7 Å². The molecule has 0 aliphatic heterocycles. The van der Waals surface area contributed by atoms with Gasteiger partial charge in [-0.1, -0.05) is 12.1 Å². The molecule has 2 amide bonds. The summed E-state index contributed by atoms with van der Waals surface area (Å²) in [4.78, 5) is 33.8. The molecule has 1 aromatic carbocycles. The quantitative estimate of drug-likeness (QED) is 0.398. The first-order chi connectivity index (χ1) is 12.0. The van der Waals surface area contributed by atoms with Crippen LogP contribution in [-0.4, -0.2) is 35.6 Å². The first kappa shape index (κ1) is 17.7. The monoisotopic (exact) mass is 341 g/mol. The summed E-state index contributed by atoms with van der Waals surface area (Å²) in [5.41, 5.74) is 3.03. The molecule has 0 bridgehead atoms. The van der Waals surface area contributed by atoms with E-state index in [0.29, 0.717) is 11.3 Å². The highest BCUT2D eigenvalue weighted by Gasteiger charge is 2.03. The fourth-order valence-electron chi connectivity index (χ4n) is 1.70. The molecule has 0 saturated heterocycles. The number of aromatic carboxylic acids is 1. The zero-order valence-electron chi connectivity index (χ0n) is 13.0. The van der Waals surface area contributed by atoms with Gasteiger partial charge >= 0.3 is 5.97 Å². The highest BCUT2D eigenvalue weighted by atomic mass is 16.4. The third kappa shape index (κ3) is 6.14. The number of rotatable bonds is 7. The number of hydrogen-bond acceptors (Lipinski definition) is 5. The molecule has 8 nitrogen and oxygen atoms in total. The van der Waals surface area contributed by atoms with E-state index in [2.05, 4.69) is 15.8 Å².